The highest BCUT2D eigenvalue weighted by molar-refractivity contribution is 6.09. The van der Waals surface area contributed by atoms with Crippen molar-refractivity contribution < 1.29 is 14.0 Å². The molecule has 0 aromatic carbocycles. The van der Waals surface area contributed by atoms with Crippen molar-refractivity contribution in [2.75, 3.05) is 0 Å². The molecule has 1 amide bonds. The molecular weight excluding hydrogens is 242 g/mol. The van der Waals surface area contributed by atoms with Crippen LogP contribution in [-0.2, 0) is 16.1 Å². The first-order valence-corrected chi connectivity index (χ1v) is 6.82. The van der Waals surface area contributed by atoms with Crippen LogP contribution >= 0.6 is 0 Å². The molecule has 0 aliphatic heterocycles. The summed E-state index contributed by atoms with van der Waals surface area (Å²) in [6.45, 7) is 4.46. The summed E-state index contributed by atoms with van der Waals surface area (Å²) in [6, 6.07) is 3.60. The third-order valence-electron chi connectivity index (χ3n) is 5.29. The molecule has 4 heteroatoms. The highest BCUT2D eigenvalue weighted by atomic mass is 16.3. The van der Waals surface area contributed by atoms with Crippen LogP contribution in [0.4, 0.5) is 0 Å². The molecule has 2 fully saturated rings. The summed E-state index contributed by atoms with van der Waals surface area (Å²) in [4.78, 5) is 24.9. The van der Waals surface area contributed by atoms with Crippen molar-refractivity contribution >= 4 is 11.7 Å². The molecule has 0 saturated heterocycles. The maximum absolute atomic E-state index is 12.6. The maximum Gasteiger partial charge on any atom is 0.234 e. The molecule has 102 valence electrons. The van der Waals surface area contributed by atoms with Gasteiger partial charge in [-0.05, 0) is 36.3 Å². The lowest BCUT2D eigenvalue weighted by Crippen LogP contribution is -2.49. The summed E-state index contributed by atoms with van der Waals surface area (Å²) in [6.07, 6.45) is 3.80. The summed E-state index contributed by atoms with van der Waals surface area (Å²) in [5.41, 5.74) is -1.04. The van der Waals surface area contributed by atoms with Crippen LogP contribution in [0.5, 0.6) is 0 Å². The highest BCUT2D eigenvalue weighted by Crippen LogP contribution is 2.63. The topological polar surface area (TPSA) is 59.3 Å². The molecule has 2 saturated carbocycles. The van der Waals surface area contributed by atoms with Crippen LogP contribution < -0.4 is 5.32 Å². The number of hydrogen-bond acceptors (Lipinski definition) is 3. The van der Waals surface area contributed by atoms with Gasteiger partial charge < -0.3 is 9.73 Å². The van der Waals surface area contributed by atoms with Gasteiger partial charge >= 0.3 is 0 Å². The molecule has 0 spiro atoms. The second-order valence-corrected chi connectivity index (χ2v) is 6.25. The number of rotatable bonds is 3. The van der Waals surface area contributed by atoms with Crippen molar-refractivity contribution in [2.45, 2.75) is 39.7 Å². The van der Waals surface area contributed by atoms with Gasteiger partial charge in [-0.2, -0.15) is 0 Å². The van der Waals surface area contributed by atoms with Gasteiger partial charge in [0.1, 0.15) is 17.0 Å². The number of amides is 1. The zero-order chi connectivity index (χ0) is 13.7. The molecule has 2 aliphatic rings. The smallest absolute Gasteiger partial charge is 0.234 e. The molecule has 1 aromatic rings. The van der Waals surface area contributed by atoms with Gasteiger partial charge in [-0.25, -0.2) is 0 Å². The highest BCUT2D eigenvalue weighted by Gasteiger charge is 2.67. The number of Topliss-reactive ketones (excluding diaryl/α,β-unsaturated/α-hetero) is 1. The van der Waals surface area contributed by atoms with E-state index in [4.69, 9.17) is 4.42 Å². The molecule has 3 rings (SSSR count). The zero-order valence-corrected chi connectivity index (χ0v) is 11.4. The molecule has 2 aliphatic carbocycles. The molecule has 2 atom stereocenters. The van der Waals surface area contributed by atoms with Gasteiger partial charge in [0.15, 0.2) is 0 Å². The second-order valence-electron chi connectivity index (χ2n) is 6.25. The van der Waals surface area contributed by atoms with E-state index in [1.54, 1.807) is 12.3 Å². The summed E-state index contributed by atoms with van der Waals surface area (Å²) < 4.78 is 5.20. The number of ketones is 1. The van der Waals surface area contributed by atoms with Crippen LogP contribution in [0.15, 0.2) is 22.8 Å². The number of hydrogen-bond donors (Lipinski definition) is 1. The Labute approximate surface area is 112 Å². The first-order chi connectivity index (χ1) is 8.98. The Kier molecular flexibility index (Phi) is 2.59. The van der Waals surface area contributed by atoms with E-state index in [1.165, 1.54) is 0 Å². The summed E-state index contributed by atoms with van der Waals surface area (Å²) in [5, 5.41) is 2.88. The standard InChI is InChI=1S/C15H19NO3/c1-14(2)10-5-6-15(14,12(17)8-10)13(18)16-9-11-4-3-7-19-11/h3-4,7,10H,5-6,8-9H2,1-2H3,(H,16,18). The first kappa shape index (κ1) is 12.5. The van der Waals surface area contributed by atoms with Crippen molar-refractivity contribution in [1.82, 2.24) is 5.32 Å². The Balaban J connectivity index is 1.80. The zero-order valence-electron chi connectivity index (χ0n) is 11.4. The van der Waals surface area contributed by atoms with Crippen molar-refractivity contribution in [1.29, 1.82) is 0 Å². The molecule has 2 bridgehead atoms. The van der Waals surface area contributed by atoms with Crippen LogP contribution in [0.2, 0.25) is 0 Å². The average molecular weight is 261 g/mol. The molecule has 19 heavy (non-hydrogen) atoms. The molecule has 4 nitrogen and oxygen atoms in total. The van der Waals surface area contributed by atoms with E-state index in [2.05, 4.69) is 19.2 Å². The maximum atomic E-state index is 12.6. The SMILES string of the molecule is CC1(C)C2CCC1(C(=O)NCc1ccco1)C(=O)C2. The van der Waals surface area contributed by atoms with Crippen LogP contribution in [0, 0.1) is 16.7 Å². The third-order valence-corrected chi connectivity index (χ3v) is 5.29. The molecular formula is C15H19NO3. The van der Waals surface area contributed by atoms with Gasteiger partial charge in [-0.3, -0.25) is 9.59 Å². The molecule has 1 aromatic heterocycles. The first-order valence-electron chi connectivity index (χ1n) is 6.82. The van der Waals surface area contributed by atoms with E-state index < -0.39 is 5.41 Å². The van der Waals surface area contributed by atoms with Gasteiger partial charge in [0.05, 0.1) is 12.8 Å². The van der Waals surface area contributed by atoms with Crippen LogP contribution in [0.25, 0.3) is 0 Å². The van der Waals surface area contributed by atoms with E-state index in [9.17, 15) is 9.59 Å². The summed E-state index contributed by atoms with van der Waals surface area (Å²) in [5.74, 6) is 1.06. The lowest BCUT2D eigenvalue weighted by Gasteiger charge is -2.34. The normalized spacial score (nSPS) is 31.7. The van der Waals surface area contributed by atoms with Crippen molar-refractivity contribution in [3.63, 3.8) is 0 Å². The largest absolute Gasteiger partial charge is 0.467 e. The van der Waals surface area contributed by atoms with E-state index in [0.29, 0.717) is 31.1 Å². The minimum atomic E-state index is -0.815. The second kappa shape index (κ2) is 3.95. The van der Waals surface area contributed by atoms with E-state index >= 15 is 0 Å². The van der Waals surface area contributed by atoms with Gasteiger partial charge in [-0.15, -0.1) is 0 Å². The molecule has 2 unspecified atom stereocenters. The van der Waals surface area contributed by atoms with Crippen LogP contribution in [0.1, 0.15) is 38.9 Å². The Morgan fingerprint density at radius 2 is 2.32 bits per heavy atom. The number of carbonyl (C=O) groups excluding carboxylic acids is 2. The van der Waals surface area contributed by atoms with Gasteiger partial charge in [0.25, 0.3) is 0 Å². The Bertz CT molecular complexity index is 518. The minimum Gasteiger partial charge on any atom is -0.467 e. The lowest BCUT2D eigenvalue weighted by atomic mass is 9.68. The number of nitrogens with one attached hydrogen (secondary N) is 1. The Hall–Kier alpha value is -1.58. The molecule has 0 radical (unpaired) electrons. The third kappa shape index (κ3) is 1.52. The molecule has 1 N–H and O–H groups in total. The van der Waals surface area contributed by atoms with E-state index in [0.717, 1.165) is 6.42 Å². The predicted octanol–water partition coefficient (Wildman–Crippen LogP) is 2.29. The minimum absolute atomic E-state index is 0.116. The van der Waals surface area contributed by atoms with Crippen LogP contribution in [0.3, 0.4) is 0 Å². The Morgan fingerprint density at radius 1 is 1.53 bits per heavy atom. The average Bonchev–Trinajstić information content (AvgIpc) is 3.00. The predicted molar refractivity (Wildman–Crippen MR) is 69.1 cm³/mol. The fourth-order valence-corrected chi connectivity index (χ4v) is 3.94. The Morgan fingerprint density at radius 3 is 2.84 bits per heavy atom. The van der Waals surface area contributed by atoms with Gasteiger partial charge in [-0.1, -0.05) is 13.8 Å². The van der Waals surface area contributed by atoms with Crippen LogP contribution in [-0.4, -0.2) is 11.7 Å². The van der Waals surface area contributed by atoms with E-state index in [1.807, 2.05) is 6.07 Å². The lowest BCUT2D eigenvalue weighted by molar-refractivity contribution is -0.145. The quantitative estimate of drug-likeness (QED) is 0.849. The summed E-state index contributed by atoms with van der Waals surface area (Å²) >= 11 is 0. The number of fused-ring (bicyclic) bond motifs is 2. The van der Waals surface area contributed by atoms with E-state index in [-0.39, 0.29) is 17.1 Å². The summed E-state index contributed by atoms with van der Waals surface area (Å²) in [7, 11) is 0. The van der Waals surface area contributed by atoms with Gasteiger partial charge in [0.2, 0.25) is 5.91 Å². The fourth-order valence-electron chi connectivity index (χ4n) is 3.94. The van der Waals surface area contributed by atoms with Crippen molar-refractivity contribution in [2.24, 2.45) is 16.7 Å². The monoisotopic (exact) mass is 261 g/mol. The number of carbonyl (C=O) groups is 2. The van der Waals surface area contributed by atoms with Crippen molar-refractivity contribution in [3.8, 4) is 0 Å². The van der Waals surface area contributed by atoms with Crippen molar-refractivity contribution in [3.05, 3.63) is 24.2 Å². The van der Waals surface area contributed by atoms with Gasteiger partial charge in [0, 0.05) is 6.42 Å². The fraction of sp³-hybridized carbons (Fsp3) is 0.600. The molecule has 1 heterocycles. The number of furan rings is 1.